The number of carbonyl (C=O) groups is 2. The molecule has 1 aliphatic carbocycles. The minimum atomic E-state index is -0.794. The van der Waals surface area contributed by atoms with Crippen molar-refractivity contribution in [2.75, 3.05) is 19.6 Å². The van der Waals surface area contributed by atoms with E-state index < -0.39 is 5.97 Å². The van der Waals surface area contributed by atoms with Gasteiger partial charge in [0.1, 0.15) is 0 Å². The molecule has 1 unspecified atom stereocenters. The SMILES string of the molecule is C=CCC1N(C(=O)NC2CC(N(CC)CC(=O)O)C2)CCCC1(C)C. The number of nitrogens with one attached hydrogen (secondary N) is 1. The van der Waals surface area contributed by atoms with Crippen molar-refractivity contribution in [1.29, 1.82) is 0 Å². The molecule has 0 bridgehead atoms. The molecule has 2 rings (SSSR count). The number of hydrogen-bond donors (Lipinski definition) is 2. The Labute approximate surface area is 151 Å². The molecule has 2 amide bonds. The molecular formula is C19H33N3O3. The highest BCUT2D eigenvalue weighted by Crippen LogP contribution is 2.37. The van der Waals surface area contributed by atoms with Crippen LogP contribution in [0.2, 0.25) is 0 Å². The van der Waals surface area contributed by atoms with Gasteiger partial charge in [-0.05, 0) is 44.1 Å². The minimum Gasteiger partial charge on any atom is -0.480 e. The van der Waals surface area contributed by atoms with Gasteiger partial charge >= 0.3 is 12.0 Å². The summed E-state index contributed by atoms with van der Waals surface area (Å²) in [5.74, 6) is -0.794. The predicted molar refractivity (Wildman–Crippen MR) is 98.5 cm³/mol. The van der Waals surface area contributed by atoms with Gasteiger partial charge in [-0.15, -0.1) is 6.58 Å². The van der Waals surface area contributed by atoms with Gasteiger partial charge < -0.3 is 15.3 Å². The quantitative estimate of drug-likeness (QED) is 0.692. The number of rotatable bonds is 7. The Hall–Kier alpha value is -1.56. The minimum absolute atomic E-state index is 0.0179. The fourth-order valence-electron chi connectivity index (χ4n) is 4.23. The third-order valence-corrected chi connectivity index (χ3v) is 5.85. The molecule has 25 heavy (non-hydrogen) atoms. The maximum Gasteiger partial charge on any atom is 0.317 e. The van der Waals surface area contributed by atoms with E-state index in [-0.39, 0.29) is 36.1 Å². The molecule has 1 atom stereocenters. The molecule has 2 N–H and O–H groups in total. The molecule has 1 saturated carbocycles. The topological polar surface area (TPSA) is 72.9 Å². The van der Waals surface area contributed by atoms with Crippen LogP contribution in [-0.2, 0) is 4.79 Å². The Morgan fingerprint density at radius 2 is 2.08 bits per heavy atom. The van der Waals surface area contributed by atoms with Crippen LogP contribution in [0.1, 0.15) is 52.9 Å². The maximum atomic E-state index is 12.8. The Morgan fingerprint density at radius 1 is 1.40 bits per heavy atom. The largest absolute Gasteiger partial charge is 0.480 e. The first kappa shape index (κ1) is 19.8. The number of hydrogen-bond acceptors (Lipinski definition) is 3. The van der Waals surface area contributed by atoms with Crippen LogP contribution in [0, 0.1) is 5.41 Å². The Morgan fingerprint density at radius 3 is 2.64 bits per heavy atom. The summed E-state index contributed by atoms with van der Waals surface area (Å²) >= 11 is 0. The van der Waals surface area contributed by atoms with Gasteiger partial charge in [-0.25, -0.2) is 4.79 Å². The number of amides is 2. The standard InChI is InChI=1S/C19H33N3O3/c1-5-8-16-19(3,4)9-7-10-22(16)18(25)20-14-11-15(12-14)21(6-2)13-17(23)24/h5,14-16H,1,6-13H2,2-4H3,(H,20,25)(H,23,24). The van der Waals surface area contributed by atoms with Gasteiger partial charge in [0.25, 0.3) is 0 Å². The normalized spacial score (nSPS) is 28.3. The van der Waals surface area contributed by atoms with Crippen LogP contribution < -0.4 is 5.32 Å². The molecule has 6 heteroatoms. The highest BCUT2D eigenvalue weighted by molar-refractivity contribution is 5.75. The first-order chi connectivity index (χ1) is 11.8. The first-order valence-electron chi connectivity index (χ1n) is 9.42. The summed E-state index contributed by atoms with van der Waals surface area (Å²) in [6.07, 6.45) is 6.54. The van der Waals surface area contributed by atoms with E-state index in [4.69, 9.17) is 5.11 Å². The summed E-state index contributed by atoms with van der Waals surface area (Å²) in [6, 6.07) is 0.612. The van der Waals surface area contributed by atoms with Crippen LogP contribution in [0.25, 0.3) is 0 Å². The highest BCUT2D eigenvalue weighted by atomic mass is 16.4. The molecule has 0 spiro atoms. The van der Waals surface area contributed by atoms with Crippen LogP contribution in [0.5, 0.6) is 0 Å². The average molecular weight is 351 g/mol. The Balaban J connectivity index is 1.88. The summed E-state index contributed by atoms with van der Waals surface area (Å²) in [5, 5.41) is 12.1. The Bertz CT molecular complexity index is 500. The van der Waals surface area contributed by atoms with Gasteiger partial charge in [-0.2, -0.15) is 0 Å². The van der Waals surface area contributed by atoms with Crippen molar-refractivity contribution in [3.8, 4) is 0 Å². The molecule has 2 aliphatic rings. The third-order valence-electron chi connectivity index (χ3n) is 5.85. The zero-order valence-electron chi connectivity index (χ0n) is 15.8. The van der Waals surface area contributed by atoms with E-state index in [1.807, 2.05) is 22.8 Å². The smallest absolute Gasteiger partial charge is 0.317 e. The number of carboxylic acid groups (broad SMARTS) is 1. The van der Waals surface area contributed by atoms with E-state index in [1.165, 1.54) is 0 Å². The van der Waals surface area contributed by atoms with Crippen LogP contribution in [0.4, 0.5) is 4.79 Å². The summed E-state index contributed by atoms with van der Waals surface area (Å²) in [4.78, 5) is 27.6. The molecule has 142 valence electrons. The van der Waals surface area contributed by atoms with Crippen molar-refractivity contribution < 1.29 is 14.7 Å². The Kier molecular flexibility index (Phi) is 6.49. The second-order valence-corrected chi connectivity index (χ2v) is 8.05. The van der Waals surface area contributed by atoms with Gasteiger partial charge in [-0.3, -0.25) is 9.69 Å². The van der Waals surface area contributed by atoms with Crippen molar-refractivity contribution >= 4 is 12.0 Å². The molecule has 1 saturated heterocycles. The number of carbonyl (C=O) groups excluding carboxylic acids is 1. The van der Waals surface area contributed by atoms with E-state index in [0.717, 1.165) is 45.2 Å². The van der Waals surface area contributed by atoms with E-state index >= 15 is 0 Å². The molecule has 2 fully saturated rings. The summed E-state index contributed by atoms with van der Waals surface area (Å²) in [5.41, 5.74) is 0.104. The number of carboxylic acids is 1. The van der Waals surface area contributed by atoms with Crippen molar-refractivity contribution in [1.82, 2.24) is 15.1 Å². The van der Waals surface area contributed by atoms with Gasteiger partial charge in [0, 0.05) is 24.7 Å². The van der Waals surface area contributed by atoms with Crippen LogP contribution >= 0.6 is 0 Å². The second-order valence-electron chi connectivity index (χ2n) is 8.05. The molecule has 0 radical (unpaired) electrons. The average Bonchev–Trinajstić information content (AvgIpc) is 2.49. The van der Waals surface area contributed by atoms with E-state index in [9.17, 15) is 9.59 Å². The molecule has 1 heterocycles. The lowest BCUT2D eigenvalue weighted by molar-refractivity contribution is -0.139. The zero-order chi connectivity index (χ0) is 18.6. The molecule has 0 aromatic rings. The molecular weight excluding hydrogens is 318 g/mol. The fraction of sp³-hybridized carbons (Fsp3) is 0.789. The number of likely N-dealkylation sites (tertiary alicyclic amines) is 1. The lowest BCUT2D eigenvalue weighted by atomic mass is 9.75. The van der Waals surface area contributed by atoms with Crippen LogP contribution in [0.15, 0.2) is 12.7 Å². The predicted octanol–water partition coefficient (Wildman–Crippen LogP) is 2.70. The van der Waals surface area contributed by atoms with Gasteiger partial charge in [0.2, 0.25) is 0 Å². The first-order valence-corrected chi connectivity index (χ1v) is 9.42. The van der Waals surface area contributed by atoms with Gasteiger partial charge in [0.15, 0.2) is 0 Å². The summed E-state index contributed by atoms with van der Waals surface area (Å²) in [7, 11) is 0. The monoisotopic (exact) mass is 351 g/mol. The lowest BCUT2D eigenvalue weighted by Gasteiger charge is -2.48. The van der Waals surface area contributed by atoms with Crippen molar-refractivity contribution in [3.05, 3.63) is 12.7 Å². The number of urea groups is 1. The van der Waals surface area contributed by atoms with Gasteiger partial charge in [0.05, 0.1) is 6.54 Å². The van der Waals surface area contributed by atoms with E-state index in [2.05, 4.69) is 25.7 Å². The molecule has 0 aromatic heterocycles. The molecule has 0 aromatic carbocycles. The molecule has 1 aliphatic heterocycles. The number of aliphatic carboxylic acids is 1. The zero-order valence-corrected chi connectivity index (χ0v) is 15.8. The second kappa shape index (κ2) is 8.21. The highest BCUT2D eigenvalue weighted by Gasteiger charge is 2.41. The molecule has 6 nitrogen and oxygen atoms in total. The van der Waals surface area contributed by atoms with Crippen molar-refractivity contribution in [3.63, 3.8) is 0 Å². The lowest BCUT2D eigenvalue weighted by Crippen LogP contribution is -2.60. The van der Waals surface area contributed by atoms with Crippen LogP contribution in [-0.4, -0.2) is 64.7 Å². The van der Waals surface area contributed by atoms with Gasteiger partial charge in [-0.1, -0.05) is 26.8 Å². The van der Waals surface area contributed by atoms with Crippen LogP contribution in [0.3, 0.4) is 0 Å². The third kappa shape index (κ3) is 4.75. The maximum absolute atomic E-state index is 12.8. The number of likely N-dealkylation sites (N-methyl/N-ethyl adjacent to an activating group) is 1. The van der Waals surface area contributed by atoms with Crippen molar-refractivity contribution in [2.45, 2.75) is 71.0 Å². The fourth-order valence-corrected chi connectivity index (χ4v) is 4.23. The summed E-state index contributed by atoms with van der Waals surface area (Å²) in [6.45, 7) is 11.9. The van der Waals surface area contributed by atoms with Crippen molar-refractivity contribution in [2.24, 2.45) is 5.41 Å². The number of nitrogens with zero attached hydrogens (tertiary/aromatic N) is 2. The number of piperidine rings is 1. The van der Waals surface area contributed by atoms with E-state index in [0.29, 0.717) is 0 Å². The van der Waals surface area contributed by atoms with E-state index in [1.54, 1.807) is 0 Å². The summed E-state index contributed by atoms with van der Waals surface area (Å²) < 4.78 is 0.